The van der Waals surface area contributed by atoms with E-state index in [9.17, 15) is 4.79 Å². The van der Waals surface area contributed by atoms with E-state index in [4.69, 9.17) is 11.6 Å². The van der Waals surface area contributed by atoms with E-state index < -0.39 is 5.91 Å². The molecule has 0 aliphatic carbocycles. The van der Waals surface area contributed by atoms with Crippen LogP contribution < -0.4 is 17.0 Å². The van der Waals surface area contributed by atoms with Crippen LogP contribution in [0.3, 0.4) is 0 Å². The van der Waals surface area contributed by atoms with Gasteiger partial charge in [-0.3, -0.25) is 14.9 Å². The molecule has 8 heteroatoms. The van der Waals surface area contributed by atoms with Crippen LogP contribution in [0, 0.1) is 6.92 Å². The predicted octanol–water partition coefficient (Wildman–Crippen LogP) is 0.565. The van der Waals surface area contributed by atoms with E-state index in [0.29, 0.717) is 6.54 Å². The Hall–Kier alpha value is -2.06. The van der Waals surface area contributed by atoms with Gasteiger partial charge in [0.2, 0.25) is 0 Å². The summed E-state index contributed by atoms with van der Waals surface area (Å²) in [6.07, 6.45) is 1.57. The molecule has 1 amide bonds. The summed E-state index contributed by atoms with van der Waals surface area (Å²) in [5, 5.41) is 7.61. The number of carbonyl (C=O) groups is 1. The molecule has 0 saturated carbocycles. The molecule has 106 valence electrons. The second-order valence-corrected chi connectivity index (χ2v) is 5.35. The second kappa shape index (κ2) is 6.40. The third-order valence-corrected chi connectivity index (χ3v) is 3.84. The number of nitrogens with one attached hydrogen (secondary N) is 1. The number of amides is 1. The summed E-state index contributed by atoms with van der Waals surface area (Å²) >= 11 is 1.70. The first-order valence-electron chi connectivity index (χ1n) is 6.00. The fraction of sp³-hybridized carbons (Fsp3) is 0.250. The lowest BCUT2D eigenvalue weighted by Crippen LogP contribution is -2.30. The Bertz CT molecular complexity index is 612. The van der Waals surface area contributed by atoms with Gasteiger partial charge in [0.05, 0.1) is 12.7 Å². The number of anilines is 1. The SMILES string of the molecule is Cc1cc(N)ccc1SCCn1cc(C(=O)NN)nn1. The molecule has 0 saturated heterocycles. The normalized spacial score (nSPS) is 10.5. The van der Waals surface area contributed by atoms with Crippen LogP contribution in [0.4, 0.5) is 5.69 Å². The number of hydrazine groups is 1. The summed E-state index contributed by atoms with van der Waals surface area (Å²) in [5.41, 5.74) is 9.85. The highest BCUT2D eigenvalue weighted by atomic mass is 32.2. The molecular formula is C12H16N6OS. The minimum absolute atomic E-state index is 0.209. The number of nitrogens with two attached hydrogens (primary N) is 2. The van der Waals surface area contributed by atoms with Crippen molar-refractivity contribution >= 4 is 23.4 Å². The number of hydrogen-bond acceptors (Lipinski definition) is 6. The van der Waals surface area contributed by atoms with Gasteiger partial charge in [-0.1, -0.05) is 5.21 Å². The molecule has 0 radical (unpaired) electrons. The van der Waals surface area contributed by atoms with Gasteiger partial charge >= 0.3 is 0 Å². The number of nitrogen functional groups attached to an aromatic ring is 2. The highest BCUT2D eigenvalue weighted by Gasteiger charge is 2.08. The lowest BCUT2D eigenvalue weighted by Gasteiger charge is -2.06. The molecule has 0 atom stereocenters. The number of nitrogens with zero attached hydrogens (tertiary/aromatic N) is 3. The summed E-state index contributed by atoms with van der Waals surface area (Å²) in [6, 6.07) is 5.83. The van der Waals surface area contributed by atoms with E-state index in [-0.39, 0.29) is 5.69 Å². The average Bonchev–Trinajstić information content (AvgIpc) is 2.89. The first kappa shape index (κ1) is 14.4. The summed E-state index contributed by atoms with van der Waals surface area (Å²) in [4.78, 5) is 12.4. The van der Waals surface area contributed by atoms with Crippen molar-refractivity contribution in [3.8, 4) is 0 Å². The molecule has 7 nitrogen and oxygen atoms in total. The quantitative estimate of drug-likeness (QED) is 0.244. The van der Waals surface area contributed by atoms with Crippen molar-refractivity contribution < 1.29 is 4.79 Å². The Morgan fingerprint density at radius 3 is 3.00 bits per heavy atom. The van der Waals surface area contributed by atoms with Gasteiger partial charge in [0.1, 0.15) is 0 Å². The van der Waals surface area contributed by atoms with Gasteiger partial charge in [-0.15, -0.1) is 16.9 Å². The molecule has 2 aromatic rings. The fourth-order valence-corrected chi connectivity index (χ4v) is 2.62. The van der Waals surface area contributed by atoms with Crippen molar-refractivity contribution in [3.63, 3.8) is 0 Å². The monoisotopic (exact) mass is 292 g/mol. The lowest BCUT2D eigenvalue weighted by atomic mass is 10.2. The zero-order valence-corrected chi connectivity index (χ0v) is 11.9. The van der Waals surface area contributed by atoms with Gasteiger partial charge in [-0.2, -0.15) is 0 Å². The van der Waals surface area contributed by atoms with E-state index in [1.807, 2.05) is 30.5 Å². The van der Waals surface area contributed by atoms with Crippen LogP contribution in [0.1, 0.15) is 16.1 Å². The lowest BCUT2D eigenvalue weighted by molar-refractivity contribution is 0.0948. The van der Waals surface area contributed by atoms with Gasteiger partial charge in [0.15, 0.2) is 5.69 Å². The number of thioether (sulfide) groups is 1. The van der Waals surface area contributed by atoms with Gasteiger partial charge < -0.3 is 5.73 Å². The molecule has 20 heavy (non-hydrogen) atoms. The molecule has 0 fully saturated rings. The molecular weight excluding hydrogens is 276 g/mol. The van der Waals surface area contributed by atoms with Crippen molar-refractivity contribution in [1.82, 2.24) is 20.4 Å². The van der Waals surface area contributed by atoms with E-state index in [2.05, 4.69) is 10.3 Å². The largest absolute Gasteiger partial charge is 0.399 e. The van der Waals surface area contributed by atoms with Gasteiger partial charge in [-0.05, 0) is 30.7 Å². The van der Waals surface area contributed by atoms with E-state index in [0.717, 1.165) is 17.0 Å². The molecule has 0 bridgehead atoms. The van der Waals surface area contributed by atoms with E-state index in [1.165, 1.54) is 4.90 Å². The number of hydrogen-bond donors (Lipinski definition) is 3. The molecule has 1 aromatic heterocycles. The Morgan fingerprint density at radius 2 is 2.30 bits per heavy atom. The highest BCUT2D eigenvalue weighted by molar-refractivity contribution is 7.99. The first-order valence-corrected chi connectivity index (χ1v) is 6.98. The molecule has 0 aliphatic heterocycles. The third kappa shape index (κ3) is 3.49. The second-order valence-electron chi connectivity index (χ2n) is 4.21. The van der Waals surface area contributed by atoms with Gasteiger partial charge in [0, 0.05) is 16.3 Å². The van der Waals surface area contributed by atoms with Gasteiger partial charge in [0.25, 0.3) is 5.91 Å². The predicted molar refractivity (Wildman–Crippen MR) is 78.0 cm³/mol. The Morgan fingerprint density at radius 1 is 1.50 bits per heavy atom. The molecule has 5 N–H and O–H groups in total. The highest BCUT2D eigenvalue weighted by Crippen LogP contribution is 2.24. The Kier molecular flexibility index (Phi) is 4.59. The van der Waals surface area contributed by atoms with Crippen LogP contribution in [-0.2, 0) is 6.54 Å². The van der Waals surface area contributed by atoms with Crippen molar-refractivity contribution in [2.24, 2.45) is 5.84 Å². The van der Waals surface area contributed by atoms with Crippen molar-refractivity contribution in [2.75, 3.05) is 11.5 Å². The maximum absolute atomic E-state index is 11.2. The van der Waals surface area contributed by atoms with Gasteiger partial charge in [-0.25, -0.2) is 5.84 Å². The third-order valence-electron chi connectivity index (χ3n) is 2.68. The smallest absolute Gasteiger partial charge is 0.287 e. The van der Waals surface area contributed by atoms with Crippen molar-refractivity contribution in [3.05, 3.63) is 35.7 Å². The van der Waals surface area contributed by atoms with E-state index >= 15 is 0 Å². The molecule has 1 aromatic carbocycles. The minimum atomic E-state index is -0.446. The molecule has 1 heterocycles. The summed E-state index contributed by atoms with van der Waals surface area (Å²) in [7, 11) is 0. The summed E-state index contributed by atoms with van der Waals surface area (Å²) in [5.74, 6) is 5.40. The number of carbonyl (C=O) groups excluding carboxylic acids is 1. The minimum Gasteiger partial charge on any atom is -0.399 e. The van der Waals surface area contributed by atoms with Crippen LogP contribution in [0.15, 0.2) is 29.3 Å². The van der Waals surface area contributed by atoms with Crippen molar-refractivity contribution in [2.45, 2.75) is 18.4 Å². The van der Waals surface area contributed by atoms with Crippen molar-refractivity contribution in [1.29, 1.82) is 0 Å². The topological polar surface area (TPSA) is 112 Å². The molecule has 0 aliphatic rings. The standard InChI is InChI=1S/C12H16N6OS/c1-8-6-9(13)2-3-11(8)20-5-4-18-7-10(16-17-18)12(19)15-14/h2-3,6-7H,4-5,13-14H2,1H3,(H,15,19). The molecule has 2 rings (SSSR count). The zero-order valence-electron chi connectivity index (χ0n) is 11.0. The molecule has 0 spiro atoms. The van der Waals surface area contributed by atoms with E-state index in [1.54, 1.807) is 22.6 Å². The number of rotatable bonds is 5. The summed E-state index contributed by atoms with van der Waals surface area (Å²) < 4.78 is 1.62. The maximum atomic E-state index is 11.2. The number of benzene rings is 1. The van der Waals surface area contributed by atoms with Crippen LogP contribution in [0.2, 0.25) is 0 Å². The van der Waals surface area contributed by atoms with Crippen LogP contribution >= 0.6 is 11.8 Å². The zero-order chi connectivity index (χ0) is 14.5. The molecule has 0 unspecified atom stereocenters. The van der Waals surface area contributed by atoms with Crippen LogP contribution in [-0.4, -0.2) is 26.7 Å². The first-order chi connectivity index (χ1) is 9.60. The Labute approximate surface area is 120 Å². The fourth-order valence-electron chi connectivity index (χ4n) is 1.67. The Balaban J connectivity index is 1.89. The van der Waals surface area contributed by atoms with Crippen LogP contribution in [0.5, 0.6) is 0 Å². The summed E-state index contributed by atoms with van der Waals surface area (Å²) in [6.45, 7) is 2.68. The average molecular weight is 292 g/mol. The maximum Gasteiger partial charge on any atom is 0.287 e. The van der Waals surface area contributed by atoms with Crippen LogP contribution in [0.25, 0.3) is 0 Å². The number of aromatic nitrogens is 3. The number of aryl methyl sites for hydroxylation is 2.